The summed E-state index contributed by atoms with van der Waals surface area (Å²) in [5.41, 5.74) is 2.28. The third-order valence-corrected chi connectivity index (χ3v) is 8.95. The van der Waals surface area contributed by atoms with E-state index in [-0.39, 0.29) is 6.10 Å². The number of aliphatic hydroxyl groups excluding tert-OH is 1. The van der Waals surface area contributed by atoms with E-state index in [0.717, 1.165) is 12.3 Å². The first-order chi connectivity index (χ1) is 12.8. The van der Waals surface area contributed by atoms with Gasteiger partial charge in [-0.2, -0.15) is 0 Å². The summed E-state index contributed by atoms with van der Waals surface area (Å²) in [5.74, 6) is 2.52. The lowest BCUT2D eigenvalue weighted by molar-refractivity contribution is -0.0231. The number of hydrogen-bond donors (Lipinski definition) is 1. The maximum atomic E-state index is 10.5. The molecule has 0 unspecified atom stereocenters. The van der Waals surface area contributed by atoms with Crippen LogP contribution >= 0.6 is 0 Å². The highest BCUT2D eigenvalue weighted by molar-refractivity contribution is 5.23. The molecule has 1 N–H and O–H groups in total. The minimum atomic E-state index is -0.0509. The van der Waals surface area contributed by atoms with Gasteiger partial charge in [0.15, 0.2) is 0 Å². The lowest BCUT2D eigenvalue weighted by Crippen LogP contribution is -2.41. The molecule has 27 heavy (non-hydrogen) atoms. The Morgan fingerprint density at radius 3 is 2.52 bits per heavy atom. The molecule has 6 atom stereocenters. The number of unbranched alkanes of at least 4 members (excludes halogenated alkanes) is 2. The van der Waals surface area contributed by atoms with Crippen LogP contribution in [0.15, 0.2) is 24.3 Å². The fraction of sp³-hybridized carbons (Fsp3) is 0.846. The van der Waals surface area contributed by atoms with Gasteiger partial charge < -0.3 is 5.11 Å². The largest absolute Gasteiger partial charge is 0.393 e. The number of hydrogen-bond acceptors (Lipinski definition) is 1. The van der Waals surface area contributed by atoms with Crippen molar-refractivity contribution in [1.29, 1.82) is 0 Å². The molecule has 1 nitrogen and oxygen atoms in total. The van der Waals surface area contributed by atoms with Crippen LogP contribution in [0.2, 0.25) is 0 Å². The van der Waals surface area contributed by atoms with Crippen LogP contribution in [0.3, 0.4) is 0 Å². The van der Waals surface area contributed by atoms with Crippen molar-refractivity contribution in [2.45, 2.75) is 104 Å². The molecule has 0 bridgehead atoms. The Bertz CT molecular complexity index is 542. The van der Waals surface area contributed by atoms with Gasteiger partial charge in [-0.1, -0.05) is 71.3 Å². The Kier molecular flexibility index (Phi) is 6.61. The summed E-state index contributed by atoms with van der Waals surface area (Å²) in [4.78, 5) is 0. The maximum absolute atomic E-state index is 10.5. The molecular weight excluding hydrogens is 328 g/mol. The molecule has 0 aromatic rings. The van der Waals surface area contributed by atoms with E-state index in [1.807, 2.05) is 0 Å². The monoisotopic (exact) mass is 372 g/mol. The fourth-order valence-electron chi connectivity index (χ4n) is 6.82. The highest BCUT2D eigenvalue weighted by Gasteiger charge is 2.52. The average Bonchev–Trinajstić information content (AvgIpc) is 3.37. The smallest absolute Gasteiger partial charge is 0.0573 e. The van der Waals surface area contributed by atoms with Crippen LogP contribution in [-0.4, -0.2) is 11.2 Å². The number of rotatable bonds is 9. The van der Waals surface area contributed by atoms with E-state index in [1.54, 1.807) is 0 Å². The maximum Gasteiger partial charge on any atom is 0.0573 e. The SMILES string of the molecule is C=C(CCCCC)C1([C@H](C)/C=C/[C@@H](C)[C@H]2CC[C@H]3[C@@H](O)CCC[C@]23C)CC1. The van der Waals surface area contributed by atoms with Crippen LogP contribution in [-0.2, 0) is 0 Å². The van der Waals surface area contributed by atoms with E-state index in [9.17, 15) is 5.11 Å². The van der Waals surface area contributed by atoms with Gasteiger partial charge in [0.25, 0.3) is 0 Å². The average molecular weight is 373 g/mol. The van der Waals surface area contributed by atoms with E-state index in [1.165, 1.54) is 69.8 Å². The van der Waals surface area contributed by atoms with Crippen molar-refractivity contribution in [1.82, 2.24) is 0 Å². The van der Waals surface area contributed by atoms with Gasteiger partial charge in [-0.15, -0.1) is 0 Å². The minimum Gasteiger partial charge on any atom is -0.393 e. The van der Waals surface area contributed by atoms with Crippen molar-refractivity contribution >= 4 is 0 Å². The fourth-order valence-corrected chi connectivity index (χ4v) is 6.82. The predicted molar refractivity (Wildman–Crippen MR) is 117 cm³/mol. The molecule has 0 heterocycles. The molecule has 154 valence electrons. The van der Waals surface area contributed by atoms with Crippen molar-refractivity contribution < 1.29 is 5.11 Å². The summed E-state index contributed by atoms with van der Waals surface area (Å²) in [6.45, 7) is 14.1. The van der Waals surface area contributed by atoms with E-state index in [4.69, 9.17) is 0 Å². The summed E-state index contributed by atoms with van der Waals surface area (Å²) in [7, 11) is 0. The molecule has 0 aromatic carbocycles. The third-order valence-electron chi connectivity index (χ3n) is 8.95. The van der Waals surface area contributed by atoms with E-state index in [2.05, 4.69) is 46.4 Å². The van der Waals surface area contributed by atoms with E-state index in [0.29, 0.717) is 28.6 Å². The molecule has 0 spiro atoms. The topological polar surface area (TPSA) is 20.2 Å². The van der Waals surface area contributed by atoms with Crippen LogP contribution in [0, 0.1) is 34.5 Å². The molecule has 0 amide bonds. The molecular formula is C26H44O. The molecule has 3 rings (SSSR count). The van der Waals surface area contributed by atoms with Crippen LogP contribution in [0.4, 0.5) is 0 Å². The summed E-state index contributed by atoms with van der Waals surface area (Å²) in [5, 5.41) is 10.5. The Morgan fingerprint density at radius 1 is 1.11 bits per heavy atom. The summed E-state index contributed by atoms with van der Waals surface area (Å²) in [6.07, 6.45) is 18.9. The molecule has 3 aliphatic rings. The normalized spacial score (nSPS) is 37.1. The molecule has 0 aromatic heterocycles. The molecule has 3 saturated carbocycles. The number of fused-ring (bicyclic) bond motifs is 1. The lowest BCUT2D eigenvalue weighted by atomic mass is 9.62. The quantitative estimate of drug-likeness (QED) is 0.332. The van der Waals surface area contributed by atoms with Gasteiger partial charge in [-0.25, -0.2) is 0 Å². The minimum absolute atomic E-state index is 0.0509. The predicted octanol–water partition coefficient (Wildman–Crippen LogP) is 7.31. The van der Waals surface area contributed by atoms with E-state index >= 15 is 0 Å². The Balaban J connectivity index is 1.60. The Morgan fingerprint density at radius 2 is 1.85 bits per heavy atom. The standard InChI is InChI=1S/C26H44O/c1-6-7-8-10-20(3)26(17-18-26)21(4)13-12-19(2)22-14-15-23-24(27)11-9-16-25(22,23)5/h12-13,19,21-24,27H,3,6-11,14-18H2,1-2,4-5H3/b13-12+/t19-,21-,22-,23+,24+,25-/m1/s1. The second-order valence-corrected chi connectivity index (χ2v) is 10.5. The number of aliphatic hydroxyl groups is 1. The Labute approximate surface area is 168 Å². The Hall–Kier alpha value is -0.560. The van der Waals surface area contributed by atoms with Gasteiger partial charge in [-0.3, -0.25) is 0 Å². The molecule has 3 aliphatic carbocycles. The van der Waals surface area contributed by atoms with Crippen molar-refractivity contribution in [2.75, 3.05) is 0 Å². The van der Waals surface area contributed by atoms with Crippen LogP contribution in [0.25, 0.3) is 0 Å². The molecule has 0 radical (unpaired) electrons. The highest BCUT2D eigenvalue weighted by Crippen LogP contribution is 2.60. The van der Waals surface area contributed by atoms with Crippen molar-refractivity contribution in [3.05, 3.63) is 24.3 Å². The molecule has 0 aliphatic heterocycles. The zero-order chi connectivity index (χ0) is 19.7. The van der Waals surface area contributed by atoms with Gasteiger partial charge in [0, 0.05) is 0 Å². The second kappa shape index (κ2) is 8.44. The summed E-state index contributed by atoms with van der Waals surface area (Å²) < 4.78 is 0. The van der Waals surface area contributed by atoms with E-state index < -0.39 is 0 Å². The molecule has 0 saturated heterocycles. The van der Waals surface area contributed by atoms with Gasteiger partial charge in [0.1, 0.15) is 0 Å². The number of allylic oxidation sites excluding steroid dienone is 3. The first kappa shape index (κ1) is 21.2. The molecule has 1 heteroatoms. The molecule has 3 fully saturated rings. The van der Waals surface area contributed by atoms with Crippen LogP contribution in [0.1, 0.15) is 98.3 Å². The van der Waals surface area contributed by atoms with Crippen molar-refractivity contribution in [3.8, 4) is 0 Å². The summed E-state index contributed by atoms with van der Waals surface area (Å²) >= 11 is 0. The zero-order valence-corrected chi connectivity index (χ0v) is 18.5. The van der Waals surface area contributed by atoms with Gasteiger partial charge in [-0.05, 0) is 85.9 Å². The lowest BCUT2D eigenvalue weighted by Gasteiger charge is -2.44. The first-order valence-corrected chi connectivity index (χ1v) is 11.9. The highest BCUT2D eigenvalue weighted by atomic mass is 16.3. The second-order valence-electron chi connectivity index (χ2n) is 10.5. The van der Waals surface area contributed by atoms with Crippen LogP contribution in [0.5, 0.6) is 0 Å². The van der Waals surface area contributed by atoms with Crippen LogP contribution < -0.4 is 0 Å². The third kappa shape index (κ3) is 4.09. The zero-order valence-electron chi connectivity index (χ0n) is 18.5. The van der Waals surface area contributed by atoms with Gasteiger partial charge in [0.2, 0.25) is 0 Å². The van der Waals surface area contributed by atoms with Crippen molar-refractivity contribution in [2.24, 2.45) is 34.5 Å². The summed E-state index contributed by atoms with van der Waals surface area (Å²) in [6, 6.07) is 0. The first-order valence-electron chi connectivity index (χ1n) is 11.9. The van der Waals surface area contributed by atoms with Gasteiger partial charge in [0.05, 0.1) is 6.10 Å². The van der Waals surface area contributed by atoms with Crippen molar-refractivity contribution in [3.63, 3.8) is 0 Å². The van der Waals surface area contributed by atoms with Gasteiger partial charge >= 0.3 is 0 Å².